The lowest BCUT2D eigenvalue weighted by molar-refractivity contribution is 0.0954. The van der Waals surface area contributed by atoms with E-state index in [0.29, 0.717) is 35.1 Å². The van der Waals surface area contributed by atoms with Crippen molar-refractivity contribution in [2.45, 2.75) is 6.42 Å². The number of hydrogen-bond acceptors (Lipinski definition) is 3. The minimum absolute atomic E-state index is 0.212. The van der Waals surface area contributed by atoms with Crippen molar-refractivity contribution in [3.63, 3.8) is 0 Å². The third-order valence-corrected chi connectivity index (χ3v) is 3.22. The molecule has 0 saturated heterocycles. The minimum atomic E-state index is -0.254. The minimum Gasteiger partial charge on any atom is -0.352 e. The van der Waals surface area contributed by atoms with Gasteiger partial charge in [0.15, 0.2) is 0 Å². The summed E-state index contributed by atoms with van der Waals surface area (Å²) in [6.07, 6.45) is 0.449. The standard InChI is InChI=1S/C15H13FN4O/c16-12-4-2-1-3-10(12)7-8-17-15(21)11-5-6-13-14(9-11)19-20-18-13/h1-6,9H,7-8H2,(H,17,21)(H,18,19,20). The van der Waals surface area contributed by atoms with Gasteiger partial charge in [-0.2, -0.15) is 15.4 Å². The summed E-state index contributed by atoms with van der Waals surface area (Å²) in [5, 5.41) is 13.1. The lowest BCUT2D eigenvalue weighted by Gasteiger charge is -2.06. The van der Waals surface area contributed by atoms with Gasteiger partial charge in [-0.05, 0) is 36.2 Å². The zero-order chi connectivity index (χ0) is 14.7. The van der Waals surface area contributed by atoms with E-state index in [4.69, 9.17) is 0 Å². The van der Waals surface area contributed by atoms with Crippen molar-refractivity contribution >= 4 is 16.9 Å². The first-order valence-corrected chi connectivity index (χ1v) is 6.56. The van der Waals surface area contributed by atoms with E-state index in [9.17, 15) is 9.18 Å². The molecule has 6 heteroatoms. The van der Waals surface area contributed by atoms with Crippen LogP contribution >= 0.6 is 0 Å². The number of benzene rings is 2. The molecule has 0 aliphatic rings. The second-order valence-corrected chi connectivity index (χ2v) is 4.62. The number of carbonyl (C=O) groups is 1. The number of aromatic amines is 1. The highest BCUT2D eigenvalue weighted by atomic mass is 19.1. The Morgan fingerprint density at radius 1 is 1.14 bits per heavy atom. The fourth-order valence-electron chi connectivity index (χ4n) is 2.10. The molecular weight excluding hydrogens is 271 g/mol. The van der Waals surface area contributed by atoms with Crippen LogP contribution in [0.3, 0.4) is 0 Å². The van der Waals surface area contributed by atoms with E-state index in [1.165, 1.54) is 6.07 Å². The second kappa shape index (κ2) is 5.70. The Bertz CT molecular complexity index is 784. The van der Waals surface area contributed by atoms with Crippen LogP contribution in [-0.2, 0) is 6.42 Å². The first kappa shape index (κ1) is 13.2. The number of amides is 1. The number of halogens is 1. The number of nitrogens with one attached hydrogen (secondary N) is 2. The van der Waals surface area contributed by atoms with Crippen LogP contribution in [0.4, 0.5) is 4.39 Å². The van der Waals surface area contributed by atoms with Gasteiger partial charge in [0.25, 0.3) is 5.91 Å². The molecule has 106 valence electrons. The monoisotopic (exact) mass is 284 g/mol. The van der Waals surface area contributed by atoms with E-state index in [1.807, 2.05) is 0 Å². The van der Waals surface area contributed by atoms with Crippen LogP contribution in [0.1, 0.15) is 15.9 Å². The number of hydrogen-bond donors (Lipinski definition) is 2. The number of nitrogens with zero attached hydrogens (tertiary/aromatic N) is 2. The summed E-state index contributed by atoms with van der Waals surface area (Å²) in [7, 11) is 0. The van der Waals surface area contributed by atoms with Crippen LogP contribution in [0.25, 0.3) is 11.0 Å². The highest BCUT2D eigenvalue weighted by molar-refractivity contribution is 5.97. The molecule has 3 aromatic rings. The van der Waals surface area contributed by atoms with Crippen LogP contribution < -0.4 is 5.32 Å². The third-order valence-electron chi connectivity index (χ3n) is 3.22. The van der Waals surface area contributed by atoms with Gasteiger partial charge in [-0.3, -0.25) is 4.79 Å². The molecule has 0 unspecified atom stereocenters. The highest BCUT2D eigenvalue weighted by Crippen LogP contribution is 2.10. The molecule has 0 aliphatic heterocycles. The van der Waals surface area contributed by atoms with E-state index in [2.05, 4.69) is 20.7 Å². The molecule has 0 saturated carbocycles. The molecular formula is C15H13FN4O. The van der Waals surface area contributed by atoms with Gasteiger partial charge in [0.05, 0.1) is 0 Å². The quantitative estimate of drug-likeness (QED) is 0.770. The average molecular weight is 284 g/mol. The van der Waals surface area contributed by atoms with Gasteiger partial charge in [-0.25, -0.2) is 4.39 Å². The maximum atomic E-state index is 13.4. The van der Waals surface area contributed by atoms with E-state index >= 15 is 0 Å². The molecule has 3 rings (SSSR count). The predicted molar refractivity (Wildman–Crippen MR) is 76.3 cm³/mol. The Morgan fingerprint density at radius 2 is 1.95 bits per heavy atom. The van der Waals surface area contributed by atoms with Gasteiger partial charge >= 0.3 is 0 Å². The molecule has 2 N–H and O–H groups in total. The maximum absolute atomic E-state index is 13.4. The van der Waals surface area contributed by atoms with Gasteiger partial charge in [-0.1, -0.05) is 18.2 Å². The maximum Gasteiger partial charge on any atom is 0.251 e. The zero-order valence-electron chi connectivity index (χ0n) is 11.1. The van der Waals surface area contributed by atoms with Crippen molar-refractivity contribution in [1.82, 2.24) is 20.7 Å². The Balaban J connectivity index is 1.62. The molecule has 0 aliphatic carbocycles. The number of fused-ring (bicyclic) bond motifs is 1. The third kappa shape index (κ3) is 2.89. The van der Waals surface area contributed by atoms with Crippen LogP contribution in [0.15, 0.2) is 42.5 Å². The van der Waals surface area contributed by atoms with Crippen molar-refractivity contribution in [2.75, 3.05) is 6.54 Å². The molecule has 1 aromatic heterocycles. The average Bonchev–Trinajstić information content (AvgIpc) is 2.96. The molecule has 5 nitrogen and oxygen atoms in total. The Morgan fingerprint density at radius 3 is 2.81 bits per heavy atom. The number of aromatic nitrogens is 3. The van der Waals surface area contributed by atoms with Gasteiger partial charge in [0, 0.05) is 12.1 Å². The number of H-pyrrole nitrogens is 1. The van der Waals surface area contributed by atoms with Crippen molar-refractivity contribution in [1.29, 1.82) is 0 Å². The summed E-state index contributed by atoms with van der Waals surface area (Å²) in [5.74, 6) is -0.466. The van der Waals surface area contributed by atoms with E-state index in [-0.39, 0.29) is 11.7 Å². The topological polar surface area (TPSA) is 70.7 Å². The number of rotatable bonds is 4. The summed E-state index contributed by atoms with van der Waals surface area (Å²) in [5.41, 5.74) is 2.43. The van der Waals surface area contributed by atoms with Crippen molar-refractivity contribution in [3.8, 4) is 0 Å². The lowest BCUT2D eigenvalue weighted by atomic mass is 10.1. The largest absolute Gasteiger partial charge is 0.352 e. The van der Waals surface area contributed by atoms with Crippen molar-refractivity contribution in [2.24, 2.45) is 0 Å². The molecule has 2 aromatic carbocycles. The molecule has 0 spiro atoms. The van der Waals surface area contributed by atoms with E-state index in [1.54, 1.807) is 36.4 Å². The van der Waals surface area contributed by atoms with Gasteiger partial charge in [0.2, 0.25) is 0 Å². The predicted octanol–water partition coefficient (Wildman–Crippen LogP) is 2.07. The Hall–Kier alpha value is -2.76. The molecule has 21 heavy (non-hydrogen) atoms. The molecule has 1 amide bonds. The zero-order valence-corrected chi connectivity index (χ0v) is 11.1. The Labute approximate surface area is 120 Å². The normalized spacial score (nSPS) is 10.7. The first-order valence-electron chi connectivity index (χ1n) is 6.56. The SMILES string of the molecule is O=C(NCCc1ccccc1F)c1ccc2n[nH]nc2c1. The smallest absolute Gasteiger partial charge is 0.251 e. The fraction of sp³-hybridized carbons (Fsp3) is 0.133. The molecule has 0 radical (unpaired) electrons. The van der Waals surface area contributed by atoms with Gasteiger partial charge in [0.1, 0.15) is 16.9 Å². The van der Waals surface area contributed by atoms with E-state index < -0.39 is 0 Å². The molecule has 0 atom stereocenters. The summed E-state index contributed by atoms with van der Waals surface area (Å²) in [4.78, 5) is 12.0. The van der Waals surface area contributed by atoms with E-state index in [0.717, 1.165) is 0 Å². The van der Waals surface area contributed by atoms with Crippen LogP contribution in [0.5, 0.6) is 0 Å². The summed E-state index contributed by atoms with van der Waals surface area (Å²) < 4.78 is 13.4. The highest BCUT2D eigenvalue weighted by Gasteiger charge is 2.08. The van der Waals surface area contributed by atoms with Crippen molar-refractivity contribution < 1.29 is 9.18 Å². The lowest BCUT2D eigenvalue weighted by Crippen LogP contribution is -2.25. The molecule has 1 heterocycles. The summed E-state index contributed by atoms with van der Waals surface area (Å²) >= 11 is 0. The summed E-state index contributed by atoms with van der Waals surface area (Å²) in [6.45, 7) is 0.372. The second-order valence-electron chi connectivity index (χ2n) is 4.62. The van der Waals surface area contributed by atoms with Crippen LogP contribution in [0, 0.1) is 5.82 Å². The fourth-order valence-corrected chi connectivity index (χ4v) is 2.10. The molecule has 0 bridgehead atoms. The van der Waals surface area contributed by atoms with Gasteiger partial charge < -0.3 is 5.32 Å². The van der Waals surface area contributed by atoms with Crippen LogP contribution in [0.2, 0.25) is 0 Å². The number of carbonyl (C=O) groups excluding carboxylic acids is 1. The molecule has 0 fully saturated rings. The first-order chi connectivity index (χ1) is 10.2. The summed E-state index contributed by atoms with van der Waals surface area (Å²) in [6, 6.07) is 11.6. The van der Waals surface area contributed by atoms with Crippen LogP contribution in [-0.4, -0.2) is 27.9 Å². The van der Waals surface area contributed by atoms with Crippen molar-refractivity contribution in [3.05, 3.63) is 59.4 Å². The Kier molecular flexibility index (Phi) is 3.59. The van der Waals surface area contributed by atoms with Gasteiger partial charge in [-0.15, -0.1) is 0 Å².